The van der Waals surface area contributed by atoms with Crippen molar-refractivity contribution in [2.45, 2.75) is 6.61 Å². The second kappa shape index (κ2) is 9.91. The Morgan fingerprint density at radius 3 is 2.44 bits per heavy atom. The fraction of sp³-hybridized carbons (Fsp3) is 0.0833. The van der Waals surface area contributed by atoms with Gasteiger partial charge in [0.15, 0.2) is 11.5 Å². The molecule has 3 aromatic rings. The highest BCUT2D eigenvalue weighted by Gasteiger charge is 2.10. The molecule has 0 atom stereocenters. The fourth-order valence-electron chi connectivity index (χ4n) is 2.95. The third kappa shape index (κ3) is 5.29. The summed E-state index contributed by atoms with van der Waals surface area (Å²) in [7, 11) is 1.48. The van der Waals surface area contributed by atoms with Crippen molar-refractivity contribution in [2.24, 2.45) is 0 Å². The standard InChI is InChI=1S/C24H18N2O6/c1-31-23-13-16(11-20(14-25)18-6-8-19(9-7-18)24(27)28)5-10-22(23)32-15-17-3-2-4-21(12-17)26(29)30/h2-13H,15H2,1H3,(H,27,28). The molecule has 3 rings (SSSR count). The van der Waals surface area contributed by atoms with E-state index in [1.807, 2.05) is 0 Å². The van der Waals surface area contributed by atoms with Crippen LogP contribution in [0.1, 0.15) is 27.0 Å². The lowest BCUT2D eigenvalue weighted by atomic mass is 10.0. The number of aromatic carboxylic acids is 1. The topological polar surface area (TPSA) is 123 Å². The van der Waals surface area contributed by atoms with Crippen LogP contribution < -0.4 is 9.47 Å². The highest BCUT2D eigenvalue weighted by atomic mass is 16.6. The van der Waals surface area contributed by atoms with E-state index in [1.165, 1.54) is 31.4 Å². The summed E-state index contributed by atoms with van der Waals surface area (Å²) < 4.78 is 11.2. The minimum atomic E-state index is -1.04. The highest BCUT2D eigenvalue weighted by Crippen LogP contribution is 2.31. The number of rotatable bonds is 8. The quantitative estimate of drug-likeness (QED) is 0.232. The lowest BCUT2D eigenvalue weighted by molar-refractivity contribution is -0.384. The van der Waals surface area contributed by atoms with Gasteiger partial charge in [-0.3, -0.25) is 10.1 Å². The first-order valence-corrected chi connectivity index (χ1v) is 9.41. The van der Waals surface area contributed by atoms with Crippen LogP contribution in [0.3, 0.4) is 0 Å². The molecule has 0 saturated carbocycles. The van der Waals surface area contributed by atoms with Crippen LogP contribution in [-0.2, 0) is 6.61 Å². The van der Waals surface area contributed by atoms with Gasteiger partial charge in [-0.25, -0.2) is 4.79 Å². The van der Waals surface area contributed by atoms with Gasteiger partial charge in [-0.05, 0) is 47.0 Å². The van der Waals surface area contributed by atoms with Gasteiger partial charge in [0.05, 0.1) is 29.2 Å². The molecule has 0 aliphatic rings. The van der Waals surface area contributed by atoms with Gasteiger partial charge in [-0.1, -0.05) is 30.3 Å². The zero-order valence-electron chi connectivity index (χ0n) is 17.0. The molecule has 0 aliphatic carbocycles. The molecule has 3 aromatic carbocycles. The maximum absolute atomic E-state index is 11.0. The molecule has 0 radical (unpaired) electrons. The van der Waals surface area contributed by atoms with Crippen LogP contribution in [0.2, 0.25) is 0 Å². The minimum absolute atomic E-state index is 0.0148. The molecule has 8 nitrogen and oxygen atoms in total. The molecule has 32 heavy (non-hydrogen) atoms. The van der Waals surface area contributed by atoms with Gasteiger partial charge in [0, 0.05) is 12.1 Å². The summed E-state index contributed by atoms with van der Waals surface area (Å²) in [6, 6.07) is 19.4. The van der Waals surface area contributed by atoms with Crippen LogP contribution in [0.5, 0.6) is 11.5 Å². The van der Waals surface area contributed by atoms with Crippen molar-refractivity contribution in [3.8, 4) is 17.6 Å². The number of methoxy groups -OCH3 is 1. The molecular formula is C24H18N2O6. The summed E-state index contributed by atoms with van der Waals surface area (Å²) >= 11 is 0. The maximum atomic E-state index is 11.0. The molecule has 0 aliphatic heterocycles. The van der Waals surface area contributed by atoms with Gasteiger partial charge >= 0.3 is 5.97 Å². The van der Waals surface area contributed by atoms with Crippen LogP contribution in [-0.4, -0.2) is 23.1 Å². The van der Waals surface area contributed by atoms with Crippen LogP contribution in [0, 0.1) is 21.4 Å². The first-order chi connectivity index (χ1) is 15.4. The second-order valence-corrected chi connectivity index (χ2v) is 6.68. The van der Waals surface area contributed by atoms with Gasteiger partial charge in [-0.2, -0.15) is 5.26 Å². The number of carboxylic acid groups (broad SMARTS) is 1. The van der Waals surface area contributed by atoms with Crippen molar-refractivity contribution in [3.05, 3.63) is 99.1 Å². The zero-order valence-corrected chi connectivity index (χ0v) is 17.0. The number of nitro benzene ring substituents is 1. The average Bonchev–Trinajstić information content (AvgIpc) is 2.81. The maximum Gasteiger partial charge on any atom is 0.335 e. The SMILES string of the molecule is COc1cc(C=C(C#N)c2ccc(C(=O)O)cc2)ccc1OCc1cccc([N+](=O)[O-])c1. The predicted octanol–water partition coefficient (Wildman–Crippen LogP) is 4.94. The Kier molecular flexibility index (Phi) is 6.83. The van der Waals surface area contributed by atoms with E-state index < -0.39 is 10.9 Å². The molecule has 0 unspecified atom stereocenters. The Bertz CT molecular complexity index is 1230. The van der Waals surface area contributed by atoms with E-state index in [4.69, 9.17) is 14.6 Å². The Balaban J connectivity index is 1.81. The monoisotopic (exact) mass is 430 g/mol. The van der Waals surface area contributed by atoms with E-state index in [0.29, 0.717) is 33.8 Å². The van der Waals surface area contributed by atoms with Crippen LogP contribution in [0.4, 0.5) is 5.69 Å². The minimum Gasteiger partial charge on any atom is -0.493 e. The van der Waals surface area contributed by atoms with Crippen LogP contribution >= 0.6 is 0 Å². The molecule has 160 valence electrons. The number of ether oxygens (including phenoxy) is 2. The van der Waals surface area contributed by atoms with E-state index in [1.54, 1.807) is 48.5 Å². The number of hydrogen-bond acceptors (Lipinski definition) is 6. The Hall–Kier alpha value is -4.64. The molecule has 8 heteroatoms. The van der Waals surface area contributed by atoms with Gasteiger partial charge < -0.3 is 14.6 Å². The number of carboxylic acids is 1. The zero-order chi connectivity index (χ0) is 23.1. The van der Waals surface area contributed by atoms with Crippen LogP contribution in [0.15, 0.2) is 66.7 Å². The van der Waals surface area contributed by atoms with Gasteiger partial charge in [0.25, 0.3) is 5.69 Å². The van der Waals surface area contributed by atoms with Gasteiger partial charge in [0.2, 0.25) is 0 Å². The number of benzene rings is 3. The van der Waals surface area contributed by atoms with Gasteiger partial charge in [-0.15, -0.1) is 0 Å². The number of nitrogens with zero attached hydrogens (tertiary/aromatic N) is 2. The van der Waals surface area contributed by atoms with E-state index in [2.05, 4.69) is 6.07 Å². The van der Waals surface area contributed by atoms with E-state index in [-0.39, 0.29) is 17.9 Å². The summed E-state index contributed by atoms with van der Waals surface area (Å²) in [5, 5.41) is 29.5. The van der Waals surface area contributed by atoms with Crippen molar-refractivity contribution < 1.29 is 24.3 Å². The third-order valence-corrected chi connectivity index (χ3v) is 4.58. The van der Waals surface area contributed by atoms with Crippen molar-refractivity contribution >= 4 is 23.3 Å². The van der Waals surface area contributed by atoms with E-state index in [9.17, 15) is 20.2 Å². The number of hydrogen-bond donors (Lipinski definition) is 1. The summed E-state index contributed by atoms with van der Waals surface area (Å²) in [5.74, 6) is -0.160. The molecule has 0 aromatic heterocycles. The summed E-state index contributed by atoms with van der Waals surface area (Å²) in [6.07, 6.45) is 1.66. The Labute approximate surface area is 183 Å². The second-order valence-electron chi connectivity index (χ2n) is 6.68. The number of nitro groups is 1. The summed E-state index contributed by atoms with van der Waals surface area (Å²) in [6.45, 7) is 0.118. The normalized spacial score (nSPS) is 10.8. The molecule has 0 spiro atoms. The average molecular weight is 430 g/mol. The fourth-order valence-corrected chi connectivity index (χ4v) is 2.95. The molecule has 0 saturated heterocycles. The number of non-ortho nitro benzene ring substituents is 1. The van der Waals surface area contributed by atoms with Crippen molar-refractivity contribution in [1.82, 2.24) is 0 Å². The smallest absolute Gasteiger partial charge is 0.335 e. The first-order valence-electron chi connectivity index (χ1n) is 9.41. The highest BCUT2D eigenvalue weighted by molar-refractivity contribution is 5.92. The molecule has 0 fully saturated rings. The lowest BCUT2D eigenvalue weighted by Crippen LogP contribution is -1.99. The predicted molar refractivity (Wildman–Crippen MR) is 117 cm³/mol. The van der Waals surface area contributed by atoms with Crippen molar-refractivity contribution in [3.63, 3.8) is 0 Å². The first kappa shape index (κ1) is 22.1. The summed E-state index contributed by atoms with van der Waals surface area (Å²) in [4.78, 5) is 21.5. The van der Waals surface area contributed by atoms with E-state index in [0.717, 1.165) is 0 Å². The molecular weight excluding hydrogens is 412 g/mol. The molecule has 0 heterocycles. The third-order valence-electron chi connectivity index (χ3n) is 4.58. The van der Waals surface area contributed by atoms with Crippen molar-refractivity contribution in [2.75, 3.05) is 7.11 Å². The summed E-state index contributed by atoms with van der Waals surface area (Å²) in [5.41, 5.74) is 2.39. The lowest BCUT2D eigenvalue weighted by Gasteiger charge is -2.12. The molecule has 0 bridgehead atoms. The molecule has 0 amide bonds. The van der Waals surface area contributed by atoms with Gasteiger partial charge in [0.1, 0.15) is 6.61 Å². The van der Waals surface area contributed by atoms with Crippen LogP contribution in [0.25, 0.3) is 11.6 Å². The van der Waals surface area contributed by atoms with Crippen molar-refractivity contribution in [1.29, 1.82) is 5.26 Å². The van der Waals surface area contributed by atoms with E-state index >= 15 is 0 Å². The number of nitriles is 1. The largest absolute Gasteiger partial charge is 0.493 e. The number of carbonyl (C=O) groups is 1. The Morgan fingerprint density at radius 2 is 1.81 bits per heavy atom. The molecule has 1 N–H and O–H groups in total. The number of allylic oxidation sites excluding steroid dienone is 1. The Morgan fingerprint density at radius 1 is 1.09 bits per heavy atom.